The summed E-state index contributed by atoms with van der Waals surface area (Å²) in [4.78, 5) is 11.8. The number of aryl methyl sites for hydroxylation is 1. The van der Waals surface area contributed by atoms with Crippen LogP contribution in [0.25, 0.3) is 0 Å². The fourth-order valence-electron chi connectivity index (χ4n) is 2.79. The molecule has 1 aromatic heterocycles. The van der Waals surface area contributed by atoms with Crippen LogP contribution >= 0.6 is 0 Å². The van der Waals surface area contributed by atoms with Crippen molar-refractivity contribution in [3.63, 3.8) is 0 Å². The average Bonchev–Trinajstić information content (AvgIpc) is 2.74. The van der Waals surface area contributed by atoms with Gasteiger partial charge in [-0.25, -0.2) is 4.79 Å². The number of carbonyl (C=O) groups is 1. The molecule has 3 N–H and O–H groups in total. The summed E-state index contributed by atoms with van der Waals surface area (Å²) < 4.78 is 2.20. The van der Waals surface area contributed by atoms with E-state index in [9.17, 15) is 4.79 Å². The average molecular weight is 309 g/mol. The van der Waals surface area contributed by atoms with Gasteiger partial charge in [0.1, 0.15) is 11.6 Å². The lowest BCUT2D eigenvalue weighted by Crippen LogP contribution is -2.43. The maximum absolute atomic E-state index is 11.8. The van der Waals surface area contributed by atoms with E-state index < -0.39 is 0 Å². The number of hydrogen-bond donors (Lipinski definition) is 3. The minimum absolute atomic E-state index is 0.0226. The SMILES string of the molecule is CCC(CCO)NC(=O)NCCc1nnc2n1CCCCC2. The van der Waals surface area contributed by atoms with Crippen LogP contribution in [0.1, 0.15) is 50.7 Å². The lowest BCUT2D eigenvalue weighted by Gasteiger charge is -2.16. The predicted molar refractivity (Wildman–Crippen MR) is 83.6 cm³/mol. The van der Waals surface area contributed by atoms with Crippen molar-refractivity contribution < 1.29 is 9.90 Å². The molecule has 0 saturated heterocycles. The van der Waals surface area contributed by atoms with Crippen LogP contribution in [-0.2, 0) is 19.4 Å². The summed E-state index contributed by atoms with van der Waals surface area (Å²) in [5.41, 5.74) is 0. The molecule has 0 aromatic carbocycles. The van der Waals surface area contributed by atoms with E-state index in [4.69, 9.17) is 5.11 Å². The van der Waals surface area contributed by atoms with E-state index in [1.165, 1.54) is 19.3 Å². The first kappa shape index (κ1) is 16.7. The van der Waals surface area contributed by atoms with Crippen LogP contribution in [0, 0.1) is 0 Å². The maximum atomic E-state index is 11.8. The molecule has 7 nitrogen and oxygen atoms in total. The number of amides is 2. The number of urea groups is 1. The molecule has 0 fully saturated rings. The largest absolute Gasteiger partial charge is 0.396 e. The molecule has 1 unspecified atom stereocenters. The number of rotatable bonds is 7. The Morgan fingerprint density at radius 1 is 1.36 bits per heavy atom. The first-order chi connectivity index (χ1) is 10.7. The van der Waals surface area contributed by atoms with Gasteiger partial charge in [0, 0.05) is 38.6 Å². The number of aromatic nitrogens is 3. The third kappa shape index (κ3) is 4.69. The zero-order chi connectivity index (χ0) is 15.8. The second kappa shape index (κ2) is 8.73. The first-order valence-electron chi connectivity index (χ1n) is 8.30. The minimum atomic E-state index is -0.184. The van der Waals surface area contributed by atoms with Gasteiger partial charge in [-0.3, -0.25) is 0 Å². The molecule has 22 heavy (non-hydrogen) atoms. The molecule has 7 heteroatoms. The molecule has 0 saturated carbocycles. The van der Waals surface area contributed by atoms with Crippen molar-refractivity contribution in [1.82, 2.24) is 25.4 Å². The number of nitrogens with zero attached hydrogens (tertiary/aromatic N) is 3. The molecule has 0 aliphatic carbocycles. The molecule has 2 amide bonds. The smallest absolute Gasteiger partial charge is 0.315 e. The molecule has 1 atom stereocenters. The van der Waals surface area contributed by atoms with E-state index in [2.05, 4.69) is 25.4 Å². The van der Waals surface area contributed by atoms with Gasteiger partial charge in [-0.05, 0) is 25.7 Å². The number of aliphatic hydroxyl groups excluding tert-OH is 1. The number of nitrogens with one attached hydrogen (secondary N) is 2. The maximum Gasteiger partial charge on any atom is 0.315 e. The van der Waals surface area contributed by atoms with Crippen LogP contribution in [0.15, 0.2) is 0 Å². The zero-order valence-corrected chi connectivity index (χ0v) is 13.3. The van der Waals surface area contributed by atoms with Gasteiger partial charge < -0.3 is 20.3 Å². The van der Waals surface area contributed by atoms with Crippen molar-refractivity contribution in [3.05, 3.63) is 11.6 Å². The first-order valence-corrected chi connectivity index (χ1v) is 8.30. The van der Waals surface area contributed by atoms with E-state index in [0.29, 0.717) is 19.4 Å². The molecule has 0 radical (unpaired) electrons. The Morgan fingerprint density at radius 2 is 2.23 bits per heavy atom. The highest BCUT2D eigenvalue weighted by Gasteiger charge is 2.15. The Kier molecular flexibility index (Phi) is 6.64. The summed E-state index contributed by atoms with van der Waals surface area (Å²) in [6.07, 6.45) is 6.69. The van der Waals surface area contributed by atoms with Crippen LogP contribution in [0.5, 0.6) is 0 Å². The standard InChI is InChI=1S/C15H27N5O2/c1-2-12(8-11-21)17-15(22)16-9-7-14-19-18-13-6-4-3-5-10-20(13)14/h12,21H,2-11H2,1H3,(H2,16,17,22). The van der Waals surface area contributed by atoms with Crippen molar-refractivity contribution in [1.29, 1.82) is 0 Å². The van der Waals surface area contributed by atoms with E-state index in [0.717, 1.165) is 31.0 Å². The predicted octanol–water partition coefficient (Wildman–Crippen LogP) is 1.01. The Bertz CT molecular complexity index is 474. The summed E-state index contributed by atoms with van der Waals surface area (Å²) in [5.74, 6) is 2.03. The third-order valence-corrected chi connectivity index (χ3v) is 4.13. The minimum Gasteiger partial charge on any atom is -0.396 e. The summed E-state index contributed by atoms with van der Waals surface area (Å²) in [5, 5.41) is 23.2. The summed E-state index contributed by atoms with van der Waals surface area (Å²) in [6.45, 7) is 3.61. The van der Waals surface area contributed by atoms with Crippen LogP contribution < -0.4 is 10.6 Å². The molecule has 1 aliphatic rings. The monoisotopic (exact) mass is 309 g/mol. The zero-order valence-electron chi connectivity index (χ0n) is 13.3. The van der Waals surface area contributed by atoms with Crippen LogP contribution in [0.2, 0.25) is 0 Å². The van der Waals surface area contributed by atoms with Gasteiger partial charge in [0.25, 0.3) is 0 Å². The van der Waals surface area contributed by atoms with Gasteiger partial charge in [0.05, 0.1) is 0 Å². The Hall–Kier alpha value is -1.63. The van der Waals surface area contributed by atoms with E-state index in [-0.39, 0.29) is 18.7 Å². The van der Waals surface area contributed by atoms with Gasteiger partial charge in [-0.2, -0.15) is 0 Å². The fraction of sp³-hybridized carbons (Fsp3) is 0.800. The molecule has 0 spiro atoms. The van der Waals surface area contributed by atoms with Gasteiger partial charge in [-0.1, -0.05) is 13.3 Å². The van der Waals surface area contributed by atoms with E-state index >= 15 is 0 Å². The summed E-state index contributed by atoms with van der Waals surface area (Å²) in [6, 6.07) is -0.162. The number of aliphatic hydroxyl groups is 1. The third-order valence-electron chi connectivity index (χ3n) is 4.13. The normalized spacial score (nSPS) is 15.7. The topological polar surface area (TPSA) is 92.1 Å². The molecular weight excluding hydrogens is 282 g/mol. The highest BCUT2D eigenvalue weighted by molar-refractivity contribution is 5.74. The fourth-order valence-corrected chi connectivity index (χ4v) is 2.79. The molecule has 124 valence electrons. The Balaban J connectivity index is 1.76. The van der Waals surface area contributed by atoms with Crippen LogP contribution in [0.4, 0.5) is 4.79 Å². The van der Waals surface area contributed by atoms with Gasteiger partial charge in [-0.15, -0.1) is 10.2 Å². The van der Waals surface area contributed by atoms with Crippen molar-refractivity contribution in [2.45, 2.75) is 64.5 Å². The van der Waals surface area contributed by atoms with Crippen molar-refractivity contribution >= 4 is 6.03 Å². The molecule has 1 aliphatic heterocycles. The Labute approximate surface area is 131 Å². The molecular formula is C15H27N5O2. The summed E-state index contributed by atoms with van der Waals surface area (Å²) >= 11 is 0. The lowest BCUT2D eigenvalue weighted by atomic mass is 10.2. The molecule has 2 rings (SSSR count). The Morgan fingerprint density at radius 3 is 3.00 bits per heavy atom. The van der Waals surface area contributed by atoms with E-state index in [1.807, 2.05) is 6.92 Å². The molecule has 0 bridgehead atoms. The van der Waals surface area contributed by atoms with Gasteiger partial charge in [0.2, 0.25) is 0 Å². The molecule has 2 heterocycles. The van der Waals surface area contributed by atoms with Crippen LogP contribution in [0.3, 0.4) is 0 Å². The van der Waals surface area contributed by atoms with Crippen molar-refractivity contribution in [2.24, 2.45) is 0 Å². The number of hydrogen-bond acceptors (Lipinski definition) is 4. The lowest BCUT2D eigenvalue weighted by molar-refractivity contribution is 0.228. The van der Waals surface area contributed by atoms with E-state index in [1.54, 1.807) is 0 Å². The van der Waals surface area contributed by atoms with Gasteiger partial charge in [0.15, 0.2) is 0 Å². The van der Waals surface area contributed by atoms with Crippen molar-refractivity contribution in [2.75, 3.05) is 13.2 Å². The highest BCUT2D eigenvalue weighted by Crippen LogP contribution is 2.14. The van der Waals surface area contributed by atoms with Crippen LogP contribution in [-0.4, -0.2) is 45.1 Å². The number of carbonyl (C=O) groups excluding carboxylic acids is 1. The quantitative estimate of drug-likeness (QED) is 0.701. The number of fused-ring (bicyclic) bond motifs is 1. The highest BCUT2D eigenvalue weighted by atomic mass is 16.3. The second-order valence-electron chi connectivity index (χ2n) is 5.76. The summed E-state index contributed by atoms with van der Waals surface area (Å²) in [7, 11) is 0. The van der Waals surface area contributed by atoms with Crippen molar-refractivity contribution in [3.8, 4) is 0 Å². The second-order valence-corrected chi connectivity index (χ2v) is 5.76. The molecule has 1 aromatic rings. The van der Waals surface area contributed by atoms with Gasteiger partial charge >= 0.3 is 6.03 Å².